The average molecular weight is 452 g/mol. The Morgan fingerprint density at radius 1 is 1.06 bits per heavy atom. The maximum atomic E-state index is 12.7. The molecule has 0 bridgehead atoms. The van der Waals surface area contributed by atoms with Gasteiger partial charge < -0.3 is 10.2 Å². The number of hydrogen-bond donors (Lipinski definition) is 1. The Hall–Kier alpha value is -2.96. The topological polar surface area (TPSA) is 62.3 Å². The molecule has 1 N–H and O–H groups in total. The standard InChI is InChI=1S/C24H22ClN3O2S/c25-20-9-5-4-8-19(20)21-16-31-24(26-21)27-23(30)18-12-14-28(15-13-18)22(29)11-10-17-6-2-1-3-7-17/h1-11,16,18H,12-15H2,(H,26,27,30)/b11-10+. The lowest BCUT2D eigenvalue weighted by Gasteiger charge is -2.30. The van der Waals surface area contributed by atoms with Crippen LogP contribution in [0.15, 0.2) is 66.1 Å². The van der Waals surface area contributed by atoms with Crippen LogP contribution in [0, 0.1) is 5.92 Å². The lowest BCUT2D eigenvalue weighted by atomic mass is 9.96. The second-order valence-electron chi connectivity index (χ2n) is 7.35. The SMILES string of the molecule is O=C(Nc1nc(-c2ccccc2Cl)cs1)C1CCN(C(=O)/C=C/c2ccccc2)CC1. The third kappa shape index (κ3) is 5.40. The summed E-state index contributed by atoms with van der Waals surface area (Å²) in [6.07, 6.45) is 4.70. The number of thiazole rings is 1. The predicted octanol–water partition coefficient (Wildman–Crippen LogP) is 5.35. The van der Waals surface area contributed by atoms with E-state index in [2.05, 4.69) is 10.3 Å². The van der Waals surface area contributed by atoms with Crippen LogP contribution in [0.3, 0.4) is 0 Å². The van der Waals surface area contributed by atoms with Gasteiger partial charge in [0.2, 0.25) is 11.8 Å². The van der Waals surface area contributed by atoms with Gasteiger partial charge in [-0.15, -0.1) is 11.3 Å². The van der Waals surface area contributed by atoms with Crippen LogP contribution >= 0.6 is 22.9 Å². The highest BCUT2D eigenvalue weighted by atomic mass is 35.5. The fourth-order valence-electron chi connectivity index (χ4n) is 3.53. The zero-order valence-corrected chi connectivity index (χ0v) is 18.4. The molecule has 2 amide bonds. The molecule has 0 saturated carbocycles. The van der Waals surface area contributed by atoms with Crippen LogP contribution in [0.2, 0.25) is 5.02 Å². The third-order valence-electron chi connectivity index (χ3n) is 5.28. The Balaban J connectivity index is 1.29. The highest BCUT2D eigenvalue weighted by Crippen LogP contribution is 2.30. The summed E-state index contributed by atoms with van der Waals surface area (Å²) in [4.78, 5) is 31.4. The summed E-state index contributed by atoms with van der Waals surface area (Å²) in [5.74, 6) is -0.200. The number of anilines is 1. The molecule has 0 atom stereocenters. The molecular formula is C24H22ClN3O2S. The van der Waals surface area contributed by atoms with Crippen molar-refractivity contribution in [3.63, 3.8) is 0 Å². The molecule has 0 radical (unpaired) electrons. The van der Waals surface area contributed by atoms with Crippen molar-refractivity contribution in [3.05, 3.63) is 76.6 Å². The van der Waals surface area contributed by atoms with Crippen LogP contribution < -0.4 is 5.32 Å². The smallest absolute Gasteiger partial charge is 0.246 e. The van der Waals surface area contributed by atoms with E-state index in [1.807, 2.05) is 66.1 Å². The van der Waals surface area contributed by atoms with E-state index in [9.17, 15) is 9.59 Å². The molecule has 0 aliphatic carbocycles. The minimum Gasteiger partial charge on any atom is -0.339 e. The van der Waals surface area contributed by atoms with Crippen LogP contribution in [0.25, 0.3) is 17.3 Å². The molecule has 31 heavy (non-hydrogen) atoms. The maximum Gasteiger partial charge on any atom is 0.246 e. The average Bonchev–Trinajstić information content (AvgIpc) is 3.26. The number of carbonyl (C=O) groups excluding carboxylic acids is 2. The summed E-state index contributed by atoms with van der Waals surface area (Å²) in [6.45, 7) is 1.14. The molecule has 1 fully saturated rings. The summed E-state index contributed by atoms with van der Waals surface area (Å²) < 4.78 is 0. The fourth-order valence-corrected chi connectivity index (χ4v) is 4.48. The molecule has 2 heterocycles. The van der Waals surface area contributed by atoms with Gasteiger partial charge in [-0.3, -0.25) is 9.59 Å². The molecule has 0 spiro atoms. The van der Waals surface area contributed by atoms with Crippen LogP contribution in [0.1, 0.15) is 18.4 Å². The van der Waals surface area contributed by atoms with Gasteiger partial charge >= 0.3 is 0 Å². The lowest BCUT2D eigenvalue weighted by Crippen LogP contribution is -2.40. The van der Waals surface area contributed by atoms with Crippen molar-refractivity contribution in [2.75, 3.05) is 18.4 Å². The Morgan fingerprint density at radius 2 is 1.77 bits per heavy atom. The zero-order chi connectivity index (χ0) is 21.6. The largest absolute Gasteiger partial charge is 0.339 e. The molecular weight excluding hydrogens is 430 g/mol. The van der Waals surface area contributed by atoms with Crippen molar-refractivity contribution >= 4 is 46.0 Å². The molecule has 3 aromatic rings. The molecule has 5 nitrogen and oxygen atoms in total. The first kappa shape index (κ1) is 21.3. The Kier molecular flexibility index (Phi) is 6.79. The molecule has 1 saturated heterocycles. The van der Waals surface area contributed by atoms with E-state index in [0.29, 0.717) is 36.1 Å². The Morgan fingerprint density at radius 3 is 2.52 bits per heavy atom. The molecule has 4 rings (SSSR count). The number of benzene rings is 2. The second-order valence-corrected chi connectivity index (χ2v) is 8.62. The zero-order valence-electron chi connectivity index (χ0n) is 16.8. The van der Waals surface area contributed by atoms with Crippen molar-refractivity contribution in [2.45, 2.75) is 12.8 Å². The number of carbonyl (C=O) groups is 2. The molecule has 158 valence electrons. The van der Waals surface area contributed by atoms with Crippen LogP contribution in [0.4, 0.5) is 5.13 Å². The van der Waals surface area contributed by atoms with Crippen molar-refractivity contribution in [3.8, 4) is 11.3 Å². The van der Waals surface area contributed by atoms with E-state index >= 15 is 0 Å². The number of nitrogens with one attached hydrogen (secondary N) is 1. The quantitative estimate of drug-likeness (QED) is 0.531. The fraction of sp³-hybridized carbons (Fsp3) is 0.208. The first-order valence-electron chi connectivity index (χ1n) is 10.1. The molecule has 1 aliphatic rings. The molecule has 7 heteroatoms. The first-order chi connectivity index (χ1) is 15.1. The predicted molar refractivity (Wildman–Crippen MR) is 126 cm³/mol. The van der Waals surface area contributed by atoms with Crippen molar-refractivity contribution in [1.29, 1.82) is 0 Å². The minimum absolute atomic E-state index is 0.0213. The number of nitrogens with zero attached hydrogens (tertiary/aromatic N) is 2. The molecule has 2 aromatic carbocycles. The van der Waals surface area contributed by atoms with Gasteiger partial charge in [0.25, 0.3) is 0 Å². The summed E-state index contributed by atoms with van der Waals surface area (Å²) in [5, 5.41) is 5.99. The van der Waals surface area contributed by atoms with Crippen molar-refractivity contribution in [1.82, 2.24) is 9.88 Å². The summed E-state index contributed by atoms with van der Waals surface area (Å²) in [5.41, 5.74) is 2.58. The van der Waals surface area contributed by atoms with Gasteiger partial charge in [0.1, 0.15) is 0 Å². The van der Waals surface area contributed by atoms with Crippen LogP contribution in [-0.4, -0.2) is 34.8 Å². The lowest BCUT2D eigenvalue weighted by molar-refractivity contribution is -0.130. The Bertz CT molecular complexity index is 1090. The monoisotopic (exact) mass is 451 g/mol. The number of rotatable bonds is 5. The van der Waals surface area contributed by atoms with Crippen LogP contribution in [0.5, 0.6) is 0 Å². The Labute approximate surface area is 190 Å². The summed E-state index contributed by atoms with van der Waals surface area (Å²) in [6, 6.07) is 17.2. The second kappa shape index (κ2) is 9.90. The third-order valence-corrected chi connectivity index (χ3v) is 6.37. The number of likely N-dealkylation sites (tertiary alicyclic amines) is 1. The van der Waals surface area contributed by atoms with Crippen molar-refractivity contribution in [2.24, 2.45) is 5.92 Å². The van der Waals surface area contributed by atoms with E-state index in [4.69, 9.17) is 11.6 Å². The first-order valence-corrected chi connectivity index (χ1v) is 11.4. The maximum absolute atomic E-state index is 12.7. The number of amides is 2. The van der Waals surface area contributed by atoms with Gasteiger partial charge in [-0.25, -0.2) is 4.98 Å². The normalized spacial score (nSPS) is 14.7. The number of hydrogen-bond acceptors (Lipinski definition) is 4. The van der Waals surface area contributed by atoms with Gasteiger partial charge in [0.05, 0.1) is 5.69 Å². The van der Waals surface area contributed by atoms with Gasteiger partial charge in [-0.05, 0) is 30.5 Å². The van der Waals surface area contributed by atoms with Crippen LogP contribution in [-0.2, 0) is 9.59 Å². The van der Waals surface area contributed by atoms with Gasteiger partial charge in [0, 0.05) is 41.0 Å². The number of halogens is 1. The molecule has 0 unspecified atom stereocenters. The van der Waals surface area contributed by atoms with E-state index in [1.54, 1.807) is 11.0 Å². The van der Waals surface area contributed by atoms with E-state index in [0.717, 1.165) is 16.8 Å². The van der Waals surface area contributed by atoms with E-state index in [1.165, 1.54) is 11.3 Å². The highest BCUT2D eigenvalue weighted by molar-refractivity contribution is 7.14. The van der Waals surface area contributed by atoms with E-state index in [-0.39, 0.29) is 17.7 Å². The molecule has 1 aliphatic heterocycles. The van der Waals surface area contributed by atoms with E-state index < -0.39 is 0 Å². The summed E-state index contributed by atoms with van der Waals surface area (Å²) >= 11 is 7.61. The summed E-state index contributed by atoms with van der Waals surface area (Å²) in [7, 11) is 0. The molecule has 1 aromatic heterocycles. The minimum atomic E-state index is -0.130. The number of aromatic nitrogens is 1. The van der Waals surface area contributed by atoms with Gasteiger partial charge in [-0.1, -0.05) is 60.1 Å². The number of piperidine rings is 1. The van der Waals surface area contributed by atoms with Crippen molar-refractivity contribution < 1.29 is 9.59 Å². The van der Waals surface area contributed by atoms with Gasteiger partial charge in [0.15, 0.2) is 5.13 Å². The highest BCUT2D eigenvalue weighted by Gasteiger charge is 2.27. The van der Waals surface area contributed by atoms with Gasteiger partial charge in [-0.2, -0.15) is 0 Å².